The van der Waals surface area contributed by atoms with Crippen LogP contribution >= 0.6 is 0 Å². The van der Waals surface area contributed by atoms with Crippen LogP contribution in [0, 0.1) is 0 Å². The first kappa shape index (κ1) is 14.1. The van der Waals surface area contributed by atoms with Crippen LogP contribution in [-0.4, -0.2) is 41.8 Å². The second-order valence-electron chi connectivity index (χ2n) is 3.68. The summed E-state index contributed by atoms with van der Waals surface area (Å²) in [5.41, 5.74) is 5.17. The third-order valence-corrected chi connectivity index (χ3v) is 2.22. The van der Waals surface area contributed by atoms with E-state index >= 15 is 0 Å². The first-order valence-corrected chi connectivity index (χ1v) is 5.58. The van der Waals surface area contributed by atoms with Gasteiger partial charge in [0.25, 0.3) is 11.8 Å². The third-order valence-electron chi connectivity index (χ3n) is 2.22. The lowest BCUT2D eigenvalue weighted by atomic mass is 10.4. The van der Waals surface area contributed by atoms with Crippen LogP contribution in [0.1, 0.15) is 25.7 Å². The Hall–Kier alpha value is -1.96. The maximum absolute atomic E-state index is 11.3. The van der Waals surface area contributed by atoms with E-state index in [-0.39, 0.29) is 44.7 Å². The molecule has 0 aromatic heterocycles. The molecule has 0 aromatic rings. The van der Waals surface area contributed by atoms with Crippen molar-refractivity contribution in [2.45, 2.75) is 25.7 Å². The number of imide groups is 1. The number of hydrogen-bond donors (Lipinski definition) is 2. The van der Waals surface area contributed by atoms with Gasteiger partial charge >= 0.3 is 5.97 Å². The average Bonchev–Trinajstić information content (AvgIpc) is 2.61. The first-order chi connectivity index (χ1) is 8.54. The number of amides is 3. The van der Waals surface area contributed by atoms with Crippen molar-refractivity contribution in [2.75, 3.05) is 13.1 Å². The number of carbonyl (C=O) groups is 4. The lowest BCUT2D eigenvalue weighted by Gasteiger charge is -2.12. The summed E-state index contributed by atoms with van der Waals surface area (Å²) in [5.74, 6) is -2.06. The number of nitrogens with one attached hydrogen (secondary N) is 1. The Morgan fingerprint density at radius 3 is 2.39 bits per heavy atom. The van der Waals surface area contributed by atoms with Gasteiger partial charge in [0.05, 0.1) is 6.42 Å². The second-order valence-corrected chi connectivity index (χ2v) is 3.68. The predicted octanol–water partition coefficient (Wildman–Crippen LogP) is -1.55. The monoisotopic (exact) mass is 257 g/mol. The molecule has 1 saturated heterocycles. The van der Waals surface area contributed by atoms with Gasteiger partial charge in [-0.2, -0.15) is 0 Å². The molecule has 1 rings (SSSR count). The molecule has 8 heteroatoms. The molecule has 3 N–H and O–H groups in total. The summed E-state index contributed by atoms with van der Waals surface area (Å²) < 4.78 is 0. The SMILES string of the molecule is NCCC(=O)NCCC(=O)ON1C(=O)CCC1=O. The maximum atomic E-state index is 11.3. The van der Waals surface area contributed by atoms with Crippen molar-refractivity contribution in [2.24, 2.45) is 5.73 Å². The zero-order valence-electron chi connectivity index (χ0n) is 9.81. The van der Waals surface area contributed by atoms with Gasteiger partial charge in [-0.05, 0) is 0 Å². The minimum Gasteiger partial charge on any atom is -0.355 e. The molecule has 0 unspecified atom stereocenters. The van der Waals surface area contributed by atoms with Gasteiger partial charge in [-0.3, -0.25) is 14.4 Å². The molecule has 18 heavy (non-hydrogen) atoms. The highest BCUT2D eigenvalue weighted by Crippen LogP contribution is 2.12. The van der Waals surface area contributed by atoms with E-state index in [1.54, 1.807) is 0 Å². The van der Waals surface area contributed by atoms with Crippen LogP contribution in [0.15, 0.2) is 0 Å². The molecule has 1 fully saturated rings. The van der Waals surface area contributed by atoms with Crippen LogP contribution in [0.4, 0.5) is 0 Å². The Balaban J connectivity index is 2.23. The van der Waals surface area contributed by atoms with Crippen LogP contribution in [0.5, 0.6) is 0 Å². The van der Waals surface area contributed by atoms with Crippen LogP contribution in [0.3, 0.4) is 0 Å². The number of nitrogens with zero attached hydrogens (tertiary/aromatic N) is 1. The number of carbonyl (C=O) groups excluding carboxylic acids is 4. The van der Waals surface area contributed by atoms with E-state index < -0.39 is 17.8 Å². The molecule has 0 saturated carbocycles. The minimum absolute atomic E-state index is 0.0549. The number of hydroxylamine groups is 2. The summed E-state index contributed by atoms with van der Waals surface area (Å²) >= 11 is 0. The lowest BCUT2D eigenvalue weighted by Crippen LogP contribution is -2.34. The quantitative estimate of drug-likeness (QED) is 0.556. The smallest absolute Gasteiger partial charge is 0.334 e. The first-order valence-electron chi connectivity index (χ1n) is 5.58. The topological polar surface area (TPSA) is 119 Å². The van der Waals surface area contributed by atoms with Gasteiger partial charge in [-0.1, -0.05) is 0 Å². The molecule has 3 amide bonds. The molecule has 0 atom stereocenters. The number of hydrogen-bond acceptors (Lipinski definition) is 6. The van der Waals surface area contributed by atoms with Crippen LogP contribution in [0.2, 0.25) is 0 Å². The molecule has 0 spiro atoms. The van der Waals surface area contributed by atoms with E-state index in [4.69, 9.17) is 5.73 Å². The molecular weight excluding hydrogens is 242 g/mol. The second kappa shape index (κ2) is 6.70. The van der Waals surface area contributed by atoms with Crippen LogP contribution < -0.4 is 11.1 Å². The Bertz CT molecular complexity index is 353. The number of rotatable bonds is 6. The van der Waals surface area contributed by atoms with Crippen LogP contribution in [0.25, 0.3) is 0 Å². The number of nitrogens with two attached hydrogens (primary N) is 1. The summed E-state index contributed by atoms with van der Waals surface area (Å²) in [6.07, 6.45) is 0.171. The lowest BCUT2D eigenvalue weighted by molar-refractivity contribution is -0.197. The molecule has 1 aliphatic heterocycles. The van der Waals surface area contributed by atoms with Crippen molar-refractivity contribution in [3.63, 3.8) is 0 Å². The van der Waals surface area contributed by atoms with Crippen molar-refractivity contribution < 1.29 is 24.0 Å². The van der Waals surface area contributed by atoms with E-state index in [0.717, 1.165) is 0 Å². The van der Waals surface area contributed by atoms with E-state index in [1.807, 2.05) is 0 Å². The van der Waals surface area contributed by atoms with Gasteiger partial charge in [0.1, 0.15) is 0 Å². The third kappa shape index (κ3) is 4.13. The van der Waals surface area contributed by atoms with Gasteiger partial charge in [-0.25, -0.2) is 4.79 Å². The zero-order valence-corrected chi connectivity index (χ0v) is 9.81. The standard InChI is InChI=1S/C10H15N3O5/c11-5-3-7(14)12-6-4-10(17)18-13-8(15)1-2-9(13)16/h1-6,11H2,(H,12,14). The molecular formula is C10H15N3O5. The van der Waals surface area contributed by atoms with Crippen molar-refractivity contribution in [3.05, 3.63) is 0 Å². The highest BCUT2D eigenvalue weighted by molar-refractivity contribution is 6.01. The molecule has 1 aliphatic rings. The largest absolute Gasteiger partial charge is 0.355 e. The van der Waals surface area contributed by atoms with Crippen molar-refractivity contribution >= 4 is 23.7 Å². The predicted molar refractivity (Wildman–Crippen MR) is 58.5 cm³/mol. The molecule has 0 radical (unpaired) electrons. The zero-order chi connectivity index (χ0) is 13.5. The maximum Gasteiger partial charge on any atom is 0.334 e. The van der Waals surface area contributed by atoms with Gasteiger partial charge in [0.2, 0.25) is 5.91 Å². The fraction of sp³-hybridized carbons (Fsp3) is 0.600. The van der Waals surface area contributed by atoms with Crippen molar-refractivity contribution in [1.82, 2.24) is 10.4 Å². The average molecular weight is 257 g/mol. The van der Waals surface area contributed by atoms with Gasteiger partial charge < -0.3 is 15.9 Å². The Kier molecular flexibility index (Phi) is 5.25. The summed E-state index contributed by atoms with van der Waals surface area (Å²) in [7, 11) is 0. The highest BCUT2D eigenvalue weighted by Gasteiger charge is 2.32. The minimum atomic E-state index is -0.744. The fourth-order valence-electron chi connectivity index (χ4n) is 1.33. The molecule has 100 valence electrons. The Morgan fingerprint density at radius 1 is 1.22 bits per heavy atom. The van der Waals surface area contributed by atoms with E-state index in [2.05, 4.69) is 10.2 Å². The van der Waals surface area contributed by atoms with Crippen molar-refractivity contribution in [3.8, 4) is 0 Å². The fourth-order valence-corrected chi connectivity index (χ4v) is 1.33. The van der Waals surface area contributed by atoms with E-state index in [0.29, 0.717) is 5.06 Å². The van der Waals surface area contributed by atoms with Gasteiger partial charge in [-0.15, -0.1) is 5.06 Å². The molecule has 0 aliphatic carbocycles. The highest BCUT2D eigenvalue weighted by atomic mass is 16.7. The molecule has 1 heterocycles. The molecule has 0 bridgehead atoms. The summed E-state index contributed by atoms with van der Waals surface area (Å²) in [6.45, 7) is 0.306. The summed E-state index contributed by atoms with van der Waals surface area (Å²) in [5, 5.41) is 2.93. The molecule has 0 aromatic carbocycles. The van der Waals surface area contributed by atoms with Crippen LogP contribution in [-0.2, 0) is 24.0 Å². The molecule has 8 nitrogen and oxygen atoms in total. The van der Waals surface area contributed by atoms with Gasteiger partial charge in [0.15, 0.2) is 0 Å². The summed E-state index contributed by atoms with van der Waals surface area (Å²) in [4.78, 5) is 49.2. The Morgan fingerprint density at radius 2 is 1.83 bits per heavy atom. The normalized spacial score (nSPS) is 14.8. The van der Waals surface area contributed by atoms with E-state index in [1.165, 1.54) is 0 Å². The van der Waals surface area contributed by atoms with E-state index in [9.17, 15) is 19.2 Å². The summed E-state index contributed by atoms with van der Waals surface area (Å²) in [6, 6.07) is 0. The van der Waals surface area contributed by atoms with Crippen molar-refractivity contribution in [1.29, 1.82) is 0 Å². The van der Waals surface area contributed by atoms with Gasteiger partial charge in [0, 0.05) is 32.4 Å². The Labute approximate surface area is 103 Å².